The molecule has 56 valence electrons. The summed E-state index contributed by atoms with van der Waals surface area (Å²) in [4.78, 5) is 0. The van der Waals surface area contributed by atoms with Crippen LogP contribution >= 0.6 is 11.3 Å². The second kappa shape index (κ2) is 3.74. The SMILES string of the molecule is CCC(O)Cc1ccsc1. The van der Waals surface area contributed by atoms with Gasteiger partial charge < -0.3 is 5.11 Å². The summed E-state index contributed by atoms with van der Waals surface area (Å²) in [7, 11) is 0. The quantitative estimate of drug-likeness (QED) is 0.710. The second-order valence-corrected chi connectivity index (χ2v) is 3.18. The number of rotatable bonds is 3. The van der Waals surface area contributed by atoms with E-state index in [9.17, 15) is 5.11 Å². The molecule has 0 radical (unpaired) electrons. The Kier molecular flexibility index (Phi) is 2.90. The fourth-order valence-electron chi connectivity index (χ4n) is 0.825. The van der Waals surface area contributed by atoms with E-state index in [0.717, 1.165) is 12.8 Å². The topological polar surface area (TPSA) is 20.2 Å². The van der Waals surface area contributed by atoms with E-state index in [0.29, 0.717) is 0 Å². The maximum absolute atomic E-state index is 9.23. The van der Waals surface area contributed by atoms with Crippen LogP contribution in [0.2, 0.25) is 0 Å². The minimum absolute atomic E-state index is 0.158. The van der Waals surface area contributed by atoms with Gasteiger partial charge in [0.05, 0.1) is 6.10 Å². The molecule has 1 nitrogen and oxygen atoms in total. The van der Waals surface area contributed by atoms with Crippen molar-refractivity contribution in [2.75, 3.05) is 0 Å². The van der Waals surface area contributed by atoms with Gasteiger partial charge in [0.1, 0.15) is 0 Å². The summed E-state index contributed by atoms with van der Waals surface area (Å²) in [6.07, 6.45) is 1.49. The highest BCUT2D eigenvalue weighted by atomic mass is 32.1. The van der Waals surface area contributed by atoms with Crippen LogP contribution in [0.25, 0.3) is 0 Å². The first-order chi connectivity index (χ1) is 4.83. The predicted molar refractivity (Wildman–Crippen MR) is 44.3 cm³/mol. The summed E-state index contributed by atoms with van der Waals surface area (Å²) in [6.45, 7) is 2.00. The standard InChI is InChI=1S/C8H12OS/c1-2-8(9)5-7-3-4-10-6-7/h3-4,6,8-9H,2,5H2,1H3. The first kappa shape index (κ1) is 7.76. The van der Waals surface area contributed by atoms with Crippen LogP contribution in [0.1, 0.15) is 18.9 Å². The molecular formula is C8H12OS. The Bertz CT molecular complexity index is 169. The molecular weight excluding hydrogens is 144 g/mol. The molecule has 1 N–H and O–H groups in total. The molecule has 0 saturated heterocycles. The van der Waals surface area contributed by atoms with Gasteiger partial charge in [-0.1, -0.05) is 6.92 Å². The summed E-state index contributed by atoms with van der Waals surface area (Å²) < 4.78 is 0. The van der Waals surface area contributed by atoms with E-state index in [1.54, 1.807) is 11.3 Å². The lowest BCUT2D eigenvalue weighted by Gasteiger charge is -2.03. The normalized spacial score (nSPS) is 13.4. The summed E-state index contributed by atoms with van der Waals surface area (Å²) in [6, 6.07) is 2.06. The molecule has 1 unspecified atom stereocenters. The molecule has 0 aliphatic carbocycles. The molecule has 0 spiro atoms. The Morgan fingerprint density at radius 2 is 2.50 bits per heavy atom. The zero-order valence-corrected chi connectivity index (χ0v) is 6.90. The molecule has 0 amide bonds. The molecule has 10 heavy (non-hydrogen) atoms. The first-order valence-electron chi connectivity index (χ1n) is 3.52. The second-order valence-electron chi connectivity index (χ2n) is 2.40. The van der Waals surface area contributed by atoms with Gasteiger partial charge in [-0.15, -0.1) is 0 Å². The smallest absolute Gasteiger partial charge is 0.0578 e. The van der Waals surface area contributed by atoms with E-state index >= 15 is 0 Å². The van der Waals surface area contributed by atoms with Crippen LogP contribution < -0.4 is 0 Å². The summed E-state index contributed by atoms with van der Waals surface area (Å²) in [5, 5.41) is 13.4. The van der Waals surface area contributed by atoms with Gasteiger partial charge in [0.25, 0.3) is 0 Å². The van der Waals surface area contributed by atoms with Crippen molar-refractivity contribution in [1.82, 2.24) is 0 Å². The zero-order chi connectivity index (χ0) is 7.40. The Morgan fingerprint density at radius 3 is 3.00 bits per heavy atom. The van der Waals surface area contributed by atoms with Gasteiger partial charge in [-0.3, -0.25) is 0 Å². The molecule has 0 aromatic carbocycles. The summed E-state index contributed by atoms with van der Waals surface area (Å²) in [5.41, 5.74) is 1.25. The molecule has 0 saturated carbocycles. The van der Waals surface area contributed by atoms with E-state index in [2.05, 4.69) is 11.4 Å². The molecule has 0 aliphatic heterocycles. The van der Waals surface area contributed by atoms with Crippen LogP contribution in [0, 0.1) is 0 Å². The Labute approximate surface area is 65.3 Å². The Hall–Kier alpha value is -0.340. The highest BCUT2D eigenvalue weighted by Crippen LogP contribution is 2.09. The molecule has 1 aromatic heterocycles. The van der Waals surface area contributed by atoms with Gasteiger partial charge in [-0.05, 0) is 35.2 Å². The van der Waals surface area contributed by atoms with Crippen LogP contribution in [0.5, 0.6) is 0 Å². The van der Waals surface area contributed by atoms with E-state index < -0.39 is 0 Å². The van der Waals surface area contributed by atoms with Gasteiger partial charge in [0.2, 0.25) is 0 Å². The van der Waals surface area contributed by atoms with Crippen molar-refractivity contribution in [3.8, 4) is 0 Å². The van der Waals surface area contributed by atoms with Crippen LogP contribution in [0.4, 0.5) is 0 Å². The first-order valence-corrected chi connectivity index (χ1v) is 4.46. The van der Waals surface area contributed by atoms with Crippen molar-refractivity contribution in [3.63, 3.8) is 0 Å². The number of hydrogen-bond acceptors (Lipinski definition) is 2. The molecule has 1 heterocycles. The third-order valence-electron chi connectivity index (χ3n) is 1.52. The minimum atomic E-state index is -0.158. The van der Waals surface area contributed by atoms with Gasteiger partial charge in [-0.2, -0.15) is 11.3 Å². The van der Waals surface area contributed by atoms with Crippen molar-refractivity contribution in [3.05, 3.63) is 22.4 Å². The molecule has 1 rings (SSSR count). The van der Waals surface area contributed by atoms with E-state index in [4.69, 9.17) is 0 Å². The zero-order valence-electron chi connectivity index (χ0n) is 6.08. The maximum atomic E-state index is 9.23. The lowest BCUT2D eigenvalue weighted by atomic mass is 10.1. The minimum Gasteiger partial charge on any atom is -0.393 e. The fourth-order valence-corrected chi connectivity index (χ4v) is 1.51. The highest BCUT2D eigenvalue weighted by molar-refractivity contribution is 7.07. The Balaban J connectivity index is 2.40. The van der Waals surface area contributed by atoms with Gasteiger partial charge >= 0.3 is 0 Å². The van der Waals surface area contributed by atoms with Crippen LogP contribution in [0.15, 0.2) is 16.8 Å². The van der Waals surface area contributed by atoms with E-state index in [-0.39, 0.29) is 6.10 Å². The number of aliphatic hydroxyl groups is 1. The molecule has 2 heteroatoms. The highest BCUT2D eigenvalue weighted by Gasteiger charge is 2.01. The van der Waals surface area contributed by atoms with E-state index in [1.807, 2.05) is 12.3 Å². The van der Waals surface area contributed by atoms with Crippen molar-refractivity contribution < 1.29 is 5.11 Å². The lowest BCUT2D eigenvalue weighted by Crippen LogP contribution is -2.07. The van der Waals surface area contributed by atoms with Gasteiger partial charge in [-0.25, -0.2) is 0 Å². The molecule has 0 fully saturated rings. The summed E-state index contributed by atoms with van der Waals surface area (Å²) >= 11 is 1.68. The largest absolute Gasteiger partial charge is 0.393 e. The lowest BCUT2D eigenvalue weighted by molar-refractivity contribution is 0.171. The average molecular weight is 156 g/mol. The third kappa shape index (κ3) is 2.12. The van der Waals surface area contributed by atoms with Gasteiger partial charge in [0, 0.05) is 0 Å². The monoisotopic (exact) mass is 156 g/mol. The molecule has 0 aliphatic rings. The molecule has 0 bridgehead atoms. The average Bonchev–Trinajstić information content (AvgIpc) is 2.40. The number of thiophene rings is 1. The summed E-state index contributed by atoms with van der Waals surface area (Å²) in [5.74, 6) is 0. The van der Waals surface area contributed by atoms with Crippen LogP contribution in [0.3, 0.4) is 0 Å². The van der Waals surface area contributed by atoms with E-state index in [1.165, 1.54) is 5.56 Å². The maximum Gasteiger partial charge on any atom is 0.0578 e. The fraction of sp³-hybridized carbons (Fsp3) is 0.500. The van der Waals surface area contributed by atoms with Crippen molar-refractivity contribution in [2.24, 2.45) is 0 Å². The van der Waals surface area contributed by atoms with Crippen LogP contribution in [-0.4, -0.2) is 11.2 Å². The van der Waals surface area contributed by atoms with Gasteiger partial charge in [0.15, 0.2) is 0 Å². The third-order valence-corrected chi connectivity index (χ3v) is 2.25. The number of hydrogen-bond donors (Lipinski definition) is 1. The van der Waals surface area contributed by atoms with Crippen molar-refractivity contribution in [2.45, 2.75) is 25.9 Å². The van der Waals surface area contributed by atoms with Crippen molar-refractivity contribution in [1.29, 1.82) is 0 Å². The number of aliphatic hydroxyl groups excluding tert-OH is 1. The molecule has 1 atom stereocenters. The predicted octanol–water partition coefficient (Wildman–Crippen LogP) is 2.06. The Morgan fingerprint density at radius 1 is 1.70 bits per heavy atom. The van der Waals surface area contributed by atoms with Crippen LogP contribution in [-0.2, 0) is 6.42 Å². The molecule has 1 aromatic rings. The van der Waals surface area contributed by atoms with Crippen molar-refractivity contribution >= 4 is 11.3 Å².